The molecule has 2 heteroatoms. The number of rotatable bonds is 1. The van der Waals surface area contributed by atoms with E-state index >= 15 is 0 Å². The molecule has 0 spiro atoms. The maximum absolute atomic E-state index is 3.75. The first kappa shape index (κ1) is 12.1. The lowest BCUT2D eigenvalue weighted by molar-refractivity contribution is 0.296. The molecule has 1 aromatic carbocycles. The van der Waals surface area contributed by atoms with Crippen LogP contribution in [0.1, 0.15) is 27.7 Å². The van der Waals surface area contributed by atoms with Gasteiger partial charge in [0.15, 0.2) is 0 Å². The summed E-state index contributed by atoms with van der Waals surface area (Å²) in [6, 6.07) is 11.0. The normalized spacial score (nSPS) is 24.2. The van der Waals surface area contributed by atoms with Crippen LogP contribution in [0.2, 0.25) is 0 Å². The number of hydrogen-bond acceptors (Lipinski definition) is 1. The second kappa shape index (κ2) is 4.13. The van der Waals surface area contributed by atoms with Crippen LogP contribution in [-0.2, 0) is 0 Å². The van der Waals surface area contributed by atoms with Gasteiger partial charge in [0.1, 0.15) is 0 Å². The van der Waals surface area contributed by atoms with Gasteiger partial charge in [-0.15, -0.1) is 0 Å². The molecule has 1 heterocycles. The van der Waals surface area contributed by atoms with Crippen LogP contribution < -0.4 is 10.6 Å². The van der Waals surface area contributed by atoms with Crippen molar-refractivity contribution in [2.75, 3.05) is 12.3 Å². The second-order valence-electron chi connectivity index (χ2n) is 6.08. The minimum absolute atomic E-state index is 0.00527. The molecule has 0 atom stereocenters. The van der Waals surface area contributed by atoms with Gasteiger partial charge in [-0.1, -0.05) is 38.3 Å². The lowest BCUT2D eigenvalue weighted by Crippen LogP contribution is -2.59. The van der Waals surface area contributed by atoms with E-state index in [-0.39, 0.29) is 19.0 Å². The first-order valence-electron chi connectivity index (χ1n) is 5.97. The first-order chi connectivity index (χ1) is 7.38. The average Bonchev–Trinajstić information content (AvgIpc) is 2.14. The molecular weight excluding hydrogens is 213 g/mol. The van der Waals surface area contributed by atoms with Crippen LogP contribution in [0.3, 0.4) is 0 Å². The summed E-state index contributed by atoms with van der Waals surface area (Å²) in [4.78, 5) is 0. The monoisotopic (exact) mass is 235 g/mol. The fourth-order valence-electron chi connectivity index (χ4n) is 2.83. The fraction of sp³-hybridized carbons (Fsp3) is 0.571. The summed E-state index contributed by atoms with van der Waals surface area (Å²) in [5.74, 6) is 0. The molecule has 1 fully saturated rings. The van der Waals surface area contributed by atoms with Crippen molar-refractivity contribution in [3.05, 3.63) is 30.3 Å². The number of nitrogens with one attached hydrogen (secondary N) is 1. The van der Waals surface area contributed by atoms with Crippen molar-refractivity contribution in [3.63, 3.8) is 0 Å². The zero-order chi connectivity index (χ0) is 11.8. The summed E-state index contributed by atoms with van der Waals surface area (Å²) in [6.45, 7) is 9.30. The van der Waals surface area contributed by atoms with Gasteiger partial charge in [-0.2, -0.15) is 0 Å². The molecule has 0 bridgehead atoms. The van der Waals surface area contributed by atoms with Gasteiger partial charge >= 0.3 is 0 Å². The summed E-state index contributed by atoms with van der Waals surface area (Å²) in [5.41, 5.74) is 0.534. The molecule has 1 aromatic rings. The minimum atomic E-state index is -0.00527. The maximum atomic E-state index is 3.75. The van der Waals surface area contributed by atoms with Crippen molar-refractivity contribution < 1.29 is 0 Å². The molecule has 1 saturated heterocycles. The Hall–Kier alpha value is -0.390. The molecule has 0 saturated carbocycles. The molecule has 1 N–H and O–H groups in total. The number of benzene rings is 1. The van der Waals surface area contributed by atoms with E-state index in [0.717, 1.165) is 0 Å². The summed E-state index contributed by atoms with van der Waals surface area (Å²) < 4.78 is 0. The van der Waals surface area contributed by atoms with E-state index in [4.69, 9.17) is 0 Å². The SMILES string of the molecule is CC1(C)CP(c2ccccc2)CC(C)(C)N1. The Bertz CT molecular complexity index is 340. The van der Waals surface area contributed by atoms with Gasteiger partial charge in [-0.3, -0.25) is 0 Å². The van der Waals surface area contributed by atoms with E-state index in [1.165, 1.54) is 12.3 Å². The van der Waals surface area contributed by atoms with Crippen molar-refractivity contribution in [3.8, 4) is 0 Å². The van der Waals surface area contributed by atoms with Gasteiger partial charge < -0.3 is 5.32 Å². The highest BCUT2D eigenvalue weighted by molar-refractivity contribution is 7.65. The third-order valence-electron chi connectivity index (χ3n) is 2.97. The Kier molecular flexibility index (Phi) is 3.11. The van der Waals surface area contributed by atoms with Crippen LogP contribution in [0.15, 0.2) is 30.3 Å². The lowest BCUT2D eigenvalue weighted by atomic mass is 10.00. The molecular formula is C14H22NP. The summed E-state index contributed by atoms with van der Waals surface area (Å²) in [5, 5.41) is 5.30. The van der Waals surface area contributed by atoms with Gasteiger partial charge in [0, 0.05) is 11.1 Å². The molecule has 1 nitrogen and oxygen atoms in total. The summed E-state index contributed by atoms with van der Waals surface area (Å²) in [6.07, 6.45) is 2.57. The molecule has 2 rings (SSSR count). The molecule has 0 unspecified atom stereocenters. The topological polar surface area (TPSA) is 12.0 Å². The molecule has 0 aliphatic carbocycles. The predicted octanol–water partition coefficient (Wildman–Crippen LogP) is 2.95. The van der Waals surface area contributed by atoms with E-state index in [1.54, 1.807) is 5.30 Å². The van der Waals surface area contributed by atoms with E-state index < -0.39 is 0 Å². The largest absolute Gasteiger partial charge is 0.306 e. The Labute approximate surface area is 100 Å². The molecule has 0 aromatic heterocycles. The van der Waals surface area contributed by atoms with Gasteiger partial charge in [-0.25, -0.2) is 0 Å². The van der Waals surface area contributed by atoms with Crippen molar-refractivity contribution in [2.24, 2.45) is 0 Å². The molecule has 0 radical (unpaired) electrons. The zero-order valence-electron chi connectivity index (χ0n) is 10.7. The van der Waals surface area contributed by atoms with Crippen LogP contribution in [0, 0.1) is 0 Å². The minimum Gasteiger partial charge on any atom is -0.306 e. The van der Waals surface area contributed by atoms with Gasteiger partial charge in [0.2, 0.25) is 0 Å². The second-order valence-corrected chi connectivity index (χ2v) is 8.31. The third-order valence-corrected chi connectivity index (χ3v) is 6.34. The predicted molar refractivity (Wildman–Crippen MR) is 74.0 cm³/mol. The lowest BCUT2D eigenvalue weighted by Gasteiger charge is -2.46. The van der Waals surface area contributed by atoms with E-state index in [9.17, 15) is 0 Å². The Balaban J connectivity index is 2.23. The van der Waals surface area contributed by atoms with Crippen LogP contribution >= 0.6 is 7.92 Å². The molecule has 88 valence electrons. The van der Waals surface area contributed by atoms with Crippen molar-refractivity contribution in [1.82, 2.24) is 5.32 Å². The van der Waals surface area contributed by atoms with Crippen LogP contribution in [0.4, 0.5) is 0 Å². The molecule has 1 aliphatic heterocycles. The smallest absolute Gasteiger partial charge is 0.0172 e. The highest BCUT2D eigenvalue weighted by atomic mass is 31.1. The zero-order valence-corrected chi connectivity index (χ0v) is 11.6. The van der Waals surface area contributed by atoms with Crippen molar-refractivity contribution in [2.45, 2.75) is 38.8 Å². The van der Waals surface area contributed by atoms with Gasteiger partial charge in [-0.05, 0) is 45.3 Å². The molecule has 16 heavy (non-hydrogen) atoms. The first-order valence-corrected chi connectivity index (χ1v) is 7.69. The highest BCUT2D eigenvalue weighted by Crippen LogP contribution is 2.44. The van der Waals surface area contributed by atoms with E-state index in [2.05, 4.69) is 63.3 Å². The Morgan fingerprint density at radius 2 is 1.44 bits per heavy atom. The van der Waals surface area contributed by atoms with Crippen molar-refractivity contribution >= 4 is 13.2 Å². The Morgan fingerprint density at radius 3 is 1.94 bits per heavy atom. The third kappa shape index (κ3) is 2.84. The van der Waals surface area contributed by atoms with Crippen molar-refractivity contribution in [1.29, 1.82) is 0 Å². The molecule has 1 aliphatic rings. The maximum Gasteiger partial charge on any atom is 0.0172 e. The van der Waals surface area contributed by atoms with Crippen LogP contribution in [0.25, 0.3) is 0 Å². The standard InChI is InChI=1S/C14H22NP/c1-13(2)10-16(11-14(3,4)15-13)12-8-6-5-7-9-12/h5-9,15H,10-11H2,1-4H3. The summed E-state index contributed by atoms with van der Waals surface area (Å²) >= 11 is 0. The quantitative estimate of drug-likeness (QED) is 0.738. The summed E-state index contributed by atoms with van der Waals surface area (Å²) in [7, 11) is -0.00527. The number of hydrogen-bond donors (Lipinski definition) is 1. The van der Waals surface area contributed by atoms with E-state index in [0.29, 0.717) is 0 Å². The van der Waals surface area contributed by atoms with Gasteiger partial charge in [0.05, 0.1) is 0 Å². The average molecular weight is 235 g/mol. The highest BCUT2D eigenvalue weighted by Gasteiger charge is 2.37. The Morgan fingerprint density at radius 1 is 0.938 bits per heavy atom. The van der Waals surface area contributed by atoms with Gasteiger partial charge in [0.25, 0.3) is 0 Å². The van der Waals surface area contributed by atoms with Crippen LogP contribution in [-0.4, -0.2) is 23.4 Å². The van der Waals surface area contributed by atoms with Crippen LogP contribution in [0.5, 0.6) is 0 Å². The fourth-order valence-corrected chi connectivity index (χ4v) is 5.96. The molecule has 0 amide bonds. The van der Waals surface area contributed by atoms with E-state index in [1.807, 2.05) is 0 Å².